The van der Waals surface area contributed by atoms with Crippen molar-refractivity contribution in [3.8, 4) is 0 Å². The number of hydrogen-bond acceptors (Lipinski definition) is 2. The van der Waals surface area contributed by atoms with Crippen molar-refractivity contribution < 1.29 is 19.1 Å². The Morgan fingerprint density at radius 3 is 2.33 bits per heavy atom. The number of hydrogen-bond donors (Lipinski definition) is 2. The number of anilines is 1. The molecule has 0 aromatic heterocycles. The lowest BCUT2D eigenvalue weighted by atomic mass is 10.1. The number of nitrogens with one attached hydrogen (secondary N) is 1. The maximum Gasteiger partial charge on any atom is 0.335 e. The van der Waals surface area contributed by atoms with Gasteiger partial charge < -0.3 is 10.4 Å². The first-order chi connectivity index (χ1) is 9.88. The fourth-order valence-electron chi connectivity index (χ4n) is 2.01. The first-order valence-electron chi connectivity index (χ1n) is 6.30. The van der Waals surface area contributed by atoms with Gasteiger partial charge in [-0.15, -0.1) is 0 Å². The summed E-state index contributed by atoms with van der Waals surface area (Å²) < 4.78 is 13.0. The molecule has 2 aromatic carbocycles. The number of carbonyl (C=O) groups is 2. The summed E-state index contributed by atoms with van der Waals surface area (Å²) in [6.07, 6.45) is 0. The van der Waals surface area contributed by atoms with Crippen LogP contribution in [-0.4, -0.2) is 17.0 Å². The Labute approximate surface area is 121 Å². The number of aryl methyl sites for hydroxylation is 2. The van der Waals surface area contributed by atoms with Crippen LogP contribution < -0.4 is 5.32 Å². The van der Waals surface area contributed by atoms with Gasteiger partial charge in [0.05, 0.1) is 5.56 Å². The molecule has 108 valence electrons. The van der Waals surface area contributed by atoms with Crippen LogP contribution in [0.15, 0.2) is 36.4 Å². The number of aromatic carboxylic acids is 1. The van der Waals surface area contributed by atoms with E-state index < -0.39 is 11.8 Å². The van der Waals surface area contributed by atoms with Crippen LogP contribution in [0.1, 0.15) is 31.8 Å². The first kappa shape index (κ1) is 14.7. The largest absolute Gasteiger partial charge is 0.478 e. The highest BCUT2D eigenvalue weighted by Gasteiger charge is 2.12. The fraction of sp³-hybridized carbons (Fsp3) is 0.125. The van der Waals surface area contributed by atoms with Gasteiger partial charge in [0, 0.05) is 11.3 Å². The van der Waals surface area contributed by atoms with E-state index >= 15 is 0 Å². The van der Waals surface area contributed by atoms with Crippen LogP contribution in [0.3, 0.4) is 0 Å². The van der Waals surface area contributed by atoms with Crippen LogP contribution in [0.2, 0.25) is 0 Å². The van der Waals surface area contributed by atoms with E-state index in [-0.39, 0.29) is 11.5 Å². The minimum Gasteiger partial charge on any atom is -0.478 e. The van der Waals surface area contributed by atoms with Crippen molar-refractivity contribution >= 4 is 17.6 Å². The van der Waals surface area contributed by atoms with Crippen molar-refractivity contribution in [2.45, 2.75) is 13.8 Å². The van der Waals surface area contributed by atoms with Crippen LogP contribution >= 0.6 is 0 Å². The third-order valence-corrected chi connectivity index (χ3v) is 3.15. The van der Waals surface area contributed by atoms with E-state index in [0.29, 0.717) is 22.4 Å². The second-order valence-electron chi connectivity index (χ2n) is 4.75. The monoisotopic (exact) mass is 287 g/mol. The van der Waals surface area contributed by atoms with Crippen molar-refractivity contribution in [3.05, 3.63) is 64.5 Å². The molecule has 0 fully saturated rings. The molecule has 0 bridgehead atoms. The summed E-state index contributed by atoms with van der Waals surface area (Å²) in [5.41, 5.74) is 2.23. The molecule has 21 heavy (non-hydrogen) atoms. The van der Waals surface area contributed by atoms with Crippen LogP contribution in [0.5, 0.6) is 0 Å². The quantitative estimate of drug-likeness (QED) is 0.909. The standard InChI is InChI=1S/C16H14FNO3/c1-9-8-12(17)4-5-13(9)15(19)18-14-6-3-11(16(20)21)7-10(14)2/h3-8H,1-2H3,(H,18,19)(H,20,21). The van der Waals surface area contributed by atoms with Crippen LogP contribution in [-0.2, 0) is 0 Å². The van der Waals surface area contributed by atoms with E-state index in [0.717, 1.165) is 0 Å². The molecule has 2 aromatic rings. The molecule has 0 aliphatic rings. The molecule has 4 nitrogen and oxygen atoms in total. The topological polar surface area (TPSA) is 66.4 Å². The lowest BCUT2D eigenvalue weighted by molar-refractivity contribution is 0.0696. The lowest BCUT2D eigenvalue weighted by Gasteiger charge is -2.10. The third-order valence-electron chi connectivity index (χ3n) is 3.15. The zero-order valence-corrected chi connectivity index (χ0v) is 11.6. The van der Waals surface area contributed by atoms with Gasteiger partial charge in [0.15, 0.2) is 0 Å². The molecule has 0 saturated heterocycles. The van der Waals surface area contributed by atoms with Gasteiger partial charge in [0.25, 0.3) is 5.91 Å². The Morgan fingerprint density at radius 1 is 1.05 bits per heavy atom. The number of carboxylic acids is 1. The summed E-state index contributed by atoms with van der Waals surface area (Å²) in [4.78, 5) is 23.0. The molecule has 0 radical (unpaired) electrons. The smallest absolute Gasteiger partial charge is 0.335 e. The van der Waals surface area contributed by atoms with Gasteiger partial charge in [-0.1, -0.05) is 0 Å². The summed E-state index contributed by atoms with van der Waals surface area (Å²) in [5, 5.41) is 11.6. The Morgan fingerprint density at radius 2 is 1.76 bits per heavy atom. The molecule has 0 aliphatic heterocycles. The average Bonchev–Trinajstić information content (AvgIpc) is 2.40. The number of rotatable bonds is 3. The van der Waals surface area contributed by atoms with Crippen molar-refractivity contribution in [3.63, 3.8) is 0 Å². The van der Waals surface area contributed by atoms with Gasteiger partial charge >= 0.3 is 5.97 Å². The number of carbonyl (C=O) groups excluding carboxylic acids is 1. The second-order valence-corrected chi connectivity index (χ2v) is 4.75. The maximum absolute atomic E-state index is 13.0. The van der Waals surface area contributed by atoms with Crippen molar-refractivity contribution in [2.75, 3.05) is 5.32 Å². The summed E-state index contributed by atoms with van der Waals surface area (Å²) >= 11 is 0. The fourth-order valence-corrected chi connectivity index (χ4v) is 2.01. The van der Waals surface area contributed by atoms with Gasteiger partial charge in [-0.05, 0) is 61.4 Å². The number of carboxylic acid groups (broad SMARTS) is 1. The molecule has 0 atom stereocenters. The average molecular weight is 287 g/mol. The zero-order valence-electron chi connectivity index (χ0n) is 11.6. The Balaban J connectivity index is 2.25. The second kappa shape index (κ2) is 5.75. The molecule has 0 heterocycles. The summed E-state index contributed by atoms with van der Waals surface area (Å²) in [6, 6.07) is 8.37. The van der Waals surface area contributed by atoms with Gasteiger partial charge in [0.2, 0.25) is 0 Å². The third kappa shape index (κ3) is 3.25. The Bertz CT molecular complexity index is 725. The van der Waals surface area contributed by atoms with E-state index in [4.69, 9.17) is 5.11 Å². The molecule has 0 unspecified atom stereocenters. The molecule has 5 heteroatoms. The normalized spacial score (nSPS) is 10.2. The molecule has 2 N–H and O–H groups in total. The highest BCUT2D eigenvalue weighted by molar-refractivity contribution is 6.05. The lowest BCUT2D eigenvalue weighted by Crippen LogP contribution is -2.14. The van der Waals surface area contributed by atoms with E-state index in [1.165, 1.54) is 36.4 Å². The minimum atomic E-state index is -1.02. The summed E-state index contributed by atoms with van der Waals surface area (Å²) in [6.45, 7) is 3.36. The first-order valence-corrected chi connectivity index (χ1v) is 6.30. The van der Waals surface area contributed by atoms with Gasteiger partial charge in [-0.2, -0.15) is 0 Å². The van der Waals surface area contributed by atoms with Crippen molar-refractivity contribution in [1.29, 1.82) is 0 Å². The van der Waals surface area contributed by atoms with E-state index in [2.05, 4.69) is 5.32 Å². The minimum absolute atomic E-state index is 0.156. The predicted octanol–water partition coefficient (Wildman–Crippen LogP) is 3.39. The molecule has 0 spiro atoms. The summed E-state index contributed by atoms with van der Waals surface area (Å²) in [5.74, 6) is -1.78. The molecule has 2 rings (SSSR count). The van der Waals surface area contributed by atoms with Crippen molar-refractivity contribution in [1.82, 2.24) is 0 Å². The SMILES string of the molecule is Cc1cc(C(=O)O)ccc1NC(=O)c1ccc(F)cc1C. The molecule has 0 aliphatic carbocycles. The molecular weight excluding hydrogens is 273 g/mol. The number of amides is 1. The van der Waals surface area contributed by atoms with E-state index in [1.807, 2.05) is 0 Å². The van der Waals surface area contributed by atoms with E-state index in [9.17, 15) is 14.0 Å². The van der Waals surface area contributed by atoms with Gasteiger partial charge in [0.1, 0.15) is 5.82 Å². The Kier molecular flexibility index (Phi) is 4.03. The predicted molar refractivity (Wildman–Crippen MR) is 77.2 cm³/mol. The van der Waals surface area contributed by atoms with Crippen LogP contribution in [0.25, 0.3) is 0 Å². The molecule has 0 saturated carbocycles. The Hall–Kier alpha value is -2.69. The maximum atomic E-state index is 13.0. The van der Waals surface area contributed by atoms with E-state index in [1.54, 1.807) is 13.8 Å². The highest BCUT2D eigenvalue weighted by Crippen LogP contribution is 2.19. The number of benzene rings is 2. The van der Waals surface area contributed by atoms with Crippen LogP contribution in [0, 0.1) is 19.7 Å². The molecular formula is C16H14FNO3. The van der Waals surface area contributed by atoms with Crippen molar-refractivity contribution in [2.24, 2.45) is 0 Å². The summed E-state index contributed by atoms with van der Waals surface area (Å²) in [7, 11) is 0. The zero-order chi connectivity index (χ0) is 15.6. The van der Waals surface area contributed by atoms with Gasteiger partial charge in [-0.3, -0.25) is 4.79 Å². The van der Waals surface area contributed by atoms with Crippen LogP contribution in [0.4, 0.5) is 10.1 Å². The highest BCUT2D eigenvalue weighted by atomic mass is 19.1. The number of halogens is 1. The molecule has 1 amide bonds. The van der Waals surface area contributed by atoms with Gasteiger partial charge in [-0.25, -0.2) is 9.18 Å².